The van der Waals surface area contributed by atoms with Crippen molar-refractivity contribution in [2.75, 3.05) is 24.4 Å². The molecule has 0 saturated carbocycles. The molecular weight excluding hydrogens is 422 g/mol. The first-order valence-corrected chi connectivity index (χ1v) is 8.68. The Balaban J connectivity index is 1.83. The van der Waals surface area contributed by atoms with Gasteiger partial charge in [0.05, 0.1) is 5.69 Å². The SMILES string of the molecule is COCC(=O)Nc1ccc(NC(=O)c2nnn(-c3ccc(F)cc3)c2C(F)(F)F)cc1. The average molecular weight is 437 g/mol. The second-order valence-electron chi connectivity index (χ2n) is 6.19. The maximum absolute atomic E-state index is 13.6. The van der Waals surface area contributed by atoms with E-state index in [4.69, 9.17) is 0 Å². The Morgan fingerprint density at radius 1 is 1.00 bits per heavy atom. The highest BCUT2D eigenvalue weighted by molar-refractivity contribution is 6.04. The van der Waals surface area contributed by atoms with Gasteiger partial charge in [-0.2, -0.15) is 13.2 Å². The van der Waals surface area contributed by atoms with Crippen LogP contribution in [0, 0.1) is 5.82 Å². The highest BCUT2D eigenvalue weighted by Gasteiger charge is 2.42. The third-order valence-corrected chi connectivity index (χ3v) is 3.93. The number of carbonyl (C=O) groups excluding carboxylic acids is 2. The molecule has 0 spiro atoms. The minimum absolute atomic E-state index is 0.114. The quantitative estimate of drug-likeness (QED) is 0.577. The molecule has 3 rings (SSSR count). The van der Waals surface area contributed by atoms with Crippen LogP contribution in [0.3, 0.4) is 0 Å². The zero-order valence-electron chi connectivity index (χ0n) is 15.9. The molecule has 8 nitrogen and oxygen atoms in total. The fourth-order valence-electron chi connectivity index (χ4n) is 2.61. The van der Waals surface area contributed by atoms with Gasteiger partial charge >= 0.3 is 6.18 Å². The monoisotopic (exact) mass is 437 g/mol. The highest BCUT2D eigenvalue weighted by Crippen LogP contribution is 2.33. The van der Waals surface area contributed by atoms with Crippen LogP contribution in [0.4, 0.5) is 28.9 Å². The first kappa shape index (κ1) is 21.9. The number of nitrogens with zero attached hydrogens (tertiary/aromatic N) is 3. The molecule has 1 aromatic heterocycles. The van der Waals surface area contributed by atoms with Gasteiger partial charge in [-0.1, -0.05) is 5.21 Å². The van der Waals surface area contributed by atoms with E-state index in [1.165, 1.54) is 31.4 Å². The fourth-order valence-corrected chi connectivity index (χ4v) is 2.61. The Hall–Kier alpha value is -3.80. The Morgan fingerprint density at radius 2 is 1.58 bits per heavy atom. The van der Waals surface area contributed by atoms with Crippen molar-refractivity contribution in [2.45, 2.75) is 6.18 Å². The molecule has 2 aromatic carbocycles. The average Bonchev–Trinajstić information content (AvgIpc) is 3.16. The third kappa shape index (κ3) is 5.22. The van der Waals surface area contributed by atoms with Crippen molar-refractivity contribution in [2.24, 2.45) is 0 Å². The minimum Gasteiger partial charge on any atom is -0.375 e. The Labute approximate surface area is 172 Å². The zero-order chi connectivity index (χ0) is 22.6. The van der Waals surface area contributed by atoms with Crippen LogP contribution in [0.25, 0.3) is 5.69 Å². The van der Waals surface area contributed by atoms with E-state index in [2.05, 4.69) is 25.7 Å². The van der Waals surface area contributed by atoms with Crippen LogP contribution in [0.15, 0.2) is 48.5 Å². The van der Waals surface area contributed by atoms with Gasteiger partial charge < -0.3 is 15.4 Å². The maximum Gasteiger partial charge on any atom is 0.435 e. The molecule has 0 saturated heterocycles. The lowest BCUT2D eigenvalue weighted by molar-refractivity contribution is -0.143. The summed E-state index contributed by atoms with van der Waals surface area (Å²) in [6, 6.07) is 9.76. The van der Waals surface area contributed by atoms with Crippen LogP contribution >= 0.6 is 0 Å². The van der Waals surface area contributed by atoms with Crippen molar-refractivity contribution in [1.29, 1.82) is 0 Å². The minimum atomic E-state index is -4.96. The number of methoxy groups -OCH3 is 1. The van der Waals surface area contributed by atoms with E-state index in [9.17, 15) is 27.2 Å². The van der Waals surface area contributed by atoms with Gasteiger partial charge in [0.2, 0.25) is 5.91 Å². The van der Waals surface area contributed by atoms with Crippen molar-refractivity contribution >= 4 is 23.2 Å². The summed E-state index contributed by atoms with van der Waals surface area (Å²) in [6.45, 7) is -0.150. The summed E-state index contributed by atoms with van der Waals surface area (Å²) in [6.07, 6.45) is -4.96. The van der Waals surface area contributed by atoms with Crippen LogP contribution in [0.5, 0.6) is 0 Å². The summed E-state index contributed by atoms with van der Waals surface area (Å²) in [5, 5.41) is 11.6. The molecular formula is C19H15F4N5O3. The predicted octanol–water partition coefficient (Wildman–Crippen LogP) is 3.26. The van der Waals surface area contributed by atoms with Crippen LogP contribution in [-0.2, 0) is 15.7 Å². The molecule has 3 aromatic rings. The molecule has 0 atom stereocenters. The van der Waals surface area contributed by atoms with Crippen LogP contribution in [-0.4, -0.2) is 40.5 Å². The Bertz CT molecular complexity index is 1080. The molecule has 0 aliphatic carbocycles. The standard InChI is InChI=1S/C19H15F4N5O3/c1-31-10-15(29)24-12-4-6-13(7-5-12)25-18(30)16-17(19(21,22)23)28(27-26-16)14-8-2-11(20)3-9-14/h2-9H,10H2,1H3,(H,24,29)(H,25,30). The largest absolute Gasteiger partial charge is 0.435 e. The van der Waals surface area contributed by atoms with E-state index in [0.717, 1.165) is 24.3 Å². The number of amides is 2. The van der Waals surface area contributed by atoms with E-state index < -0.39 is 35.2 Å². The third-order valence-electron chi connectivity index (χ3n) is 3.93. The number of rotatable bonds is 6. The van der Waals surface area contributed by atoms with Gasteiger partial charge in [-0.25, -0.2) is 9.07 Å². The first-order valence-electron chi connectivity index (χ1n) is 8.68. The van der Waals surface area contributed by atoms with Crippen LogP contribution < -0.4 is 10.6 Å². The van der Waals surface area contributed by atoms with Gasteiger partial charge in [-0.05, 0) is 48.5 Å². The lowest BCUT2D eigenvalue weighted by Crippen LogP contribution is -2.21. The van der Waals surface area contributed by atoms with E-state index >= 15 is 0 Å². The van der Waals surface area contributed by atoms with Crippen molar-refractivity contribution in [3.63, 3.8) is 0 Å². The zero-order valence-corrected chi connectivity index (χ0v) is 15.9. The smallest absolute Gasteiger partial charge is 0.375 e. The van der Waals surface area contributed by atoms with Gasteiger partial charge in [0.15, 0.2) is 11.4 Å². The number of aromatic nitrogens is 3. The normalized spacial score (nSPS) is 11.3. The topological polar surface area (TPSA) is 98.1 Å². The number of alkyl halides is 3. The molecule has 1 heterocycles. The summed E-state index contributed by atoms with van der Waals surface area (Å²) in [5.41, 5.74) is -1.90. The summed E-state index contributed by atoms with van der Waals surface area (Å²) in [7, 11) is 1.36. The van der Waals surface area contributed by atoms with Crippen LogP contribution in [0.1, 0.15) is 16.2 Å². The number of anilines is 2. The summed E-state index contributed by atoms with van der Waals surface area (Å²) >= 11 is 0. The summed E-state index contributed by atoms with van der Waals surface area (Å²) in [4.78, 5) is 23.9. The van der Waals surface area contributed by atoms with Crippen molar-refractivity contribution in [1.82, 2.24) is 15.0 Å². The number of hydrogen-bond donors (Lipinski definition) is 2. The van der Waals surface area contributed by atoms with Crippen molar-refractivity contribution < 1.29 is 31.9 Å². The summed E-state index contributed by atoms with van der Waals surface area (Å²) in [5.74, 6) is -2.18. The molecule has 2 amide bonds. The van der Waals surface area contributed by atoms with E-state index in [-0.39, 0.29) is 18.0 Å². The maximum atomic E-state index is 13.6. The fraction of sp³-hybridized carbons (Fsp3) is 0.158. The van der Waals surface area contributed by atoms with Gasteiger partial charge in [-0.15, -0.1) is 5.10 Å². The Morgan fingerprint density at radius 3 is 2.13 bits per heavy atom. The predicted molar refractivity (Wildman–Crippen MR) is 101 cm³/mol. The molecule has 0 bridgehead atoms. The first-order chi connectivity index (χ1) is 14.7. The molecule has 0 radical (unpaired) electrons. The Kier molecular flexibility index (Phi) is 6.30. The van der Waals surface area contributed by atoms with Gasteiger partial charge in [0, 0.05) is 18.5 Å². The number of halogens is 4. The molecule has 0 fully saturated rings. The molecule has 162 valence electrons. The molecule has 0 aliphatic rings. The molecule has 31 heavy (non-hydrogen) atoms. The van der Waals surface area contributed by atoms with E-state index in [1.54, 1.807) is 0 Å². The van der Waals surface area contributed by atoms with Crippen LogP contribution in [0.2, 0.25) is 0 Å². The number of nitrogens with one attached hydrogen (secondary N) is 2. The molecule has 0 unspecified atom stereocenters. The lowest BCUT2D eigenvalue weighted by Gasteiger charge is -2.11. The van der Waals surface area contributed by atoms with Crippen molar-refractivity contribution in [3.05, 3.63) is 65.7 Å². The number of ether oxygens (including phenoxy) is 1. The molecule has 12 heteroatoms. The second kappa shape index (κ2) is 8.92. The number of carbonyl (C=O) groups is 2. The molecule has 0 aliphatic heterocycles. The van der Waals surface area contributed by atoms with E-state index in [1.807, 2.05) is 0 Å². The van der Waals surface area contributed by atoms with Gasteiger partial charge in [0.1, 0.15) is 12.4 Å². The summed E-state index contributed by atoms with van der Waals surface area (Å²) < 4.78 is 59.1. The van der Waals surface area contributed by atoms with Gasteiger partial charge in [0.25, 0.3) is 5.91 Å². The van der Waals surface area contributed by atoms with E-state index in [0.29, 0.717) is 10.4 Å². The highest BCUT2D eigenvalue weighted by atomic mass is 19.4. The second-order valence-corrected chi connectivity index (χ2v) is 6.19. The van der Waals surface area contributed by atoms with Crippen molar-refractivity contribution in [3.8, 4) is 5.69 Å². The number of hydrogen-bond acceptors (Lipinski definition) is 5. The molecule has 2 N–H and O–H groups in total. The number of benzene rings is 2. The lowest BCUT2D eigenvalue weighted by atomic mass is 10.2. The van der Waals surface area contributed by atoms with Gasteiger partial charge in [-0.3, -0.25) is 9.59 Å².